The number of alkyl halides is 2. The van der Waals surface area contributed by atoms with Crippen molar-refractivity contribution in [3.8, 4) is 5.75 Å². The van der Waals surface area contributed by atoms with Crippen LogP contribution in [-0.2, 0) is 0 Å². The summed E-state index contributed by atoms with van der Waals surface area (Å²) in [6.45, 7) is -1.48. The van der Waals surface area contributed by atoms with Gasteiger partial charge in [-0.15, -0.1) is 0 Å². The Bertz CT molecular complexity index is 956. The monoisotopic (exact) mass is 353 g/mol. The Morgan fingerprint density at radius 3 is 2.68 bits per heavy atom. The van der Waals surface area contributed by atoms with E-state index in [1.807, 2.05) is 13.0 Å². The number of nitrogens with one attached hydrogen (secondary N) is 1. The number of hydrogen-bond donors (Lipinski definition) is 1. The minimum Gasteiger partial charge on any atom is -0.432 e. The van der Waals surface area contributed by atoms with E-state index >= 15 is 0 Å². The zero-order valence-electron chi connectivity index (χ0n) is 12.8. The molecule has 9 heteroatoms. The number of pyridine rings is 1. The Morgan fingerprint density at radius 1 is 1.24 bits per heavy atom. The van der Waals surface area contributed by atoms with Crippen molar-refractivity contribution in [1.29, 1.82) is 0 Å². The van der Waals surface area contributed by atoms with Crippen LogP contribution in [0.15, 0.2) is 36.5 Å². The average molecular weight is 353 g/mol. The molecular weight excluding hydrogens is 342 g/mol. The number of aryl methyl sites for hydroxylation is 1. The van der Waals surface area contributed by atoms with Crippen molar-refractivity contribution in [2.24, 2.45) is 0 Å². The van der Waals surface area contributed by atoms with Crippen LogP contribution < -0.4 is 10.1 Å². The molecule has 0 saturated heterocycles. The molecule has 25 heavy (non-hydrogen) atoms. The minimum absolute atomic E-state index is 0.0120. The fraction of sp³-hybridized carbons (Fsp3) is 0.125. The number of aromatic nitrogens is 2. The van der Waals surface area contributed by atoms with E-state index in [0.29, 0.717) is 17.8 Å². The van der Waals surface area contributed by atoms with Crippen molar-refractivity contribution in [2.45, 2.75) is 13.5 Å². The third-order valence-corrected chi connectivity index (χ3v) is 3.41. The Morgan fingerprint density at radius 2 is 2.00 bits per heavy atom. The molecule has 0 atom stereocenters. The predicted octanol–water partition coefficient (Wildman–Crippen LogP) is 3.77. The zero-order chi connectivity index (χ0) is 18.1. The van der Waals surface area contributed by atoms with Crippen molar-refractivity contribution in [2.75, 3.05) is 5.32 Å². The van der Waals surface area contributed by atoms with Crippen molar-refractivity contribution in [3.63, 3.8) is 0 Å². The number of rotatable bonds is 4. The number of halogens is 4. The summed E-state index contributed by atoms with van der Waals surface area (Å²) in [4.78, 5) is 16.3. The van der Waals surface area contributed by atoms with Gasteiger partial charge in [0.1, 0.15) is 11.3 Å². The largest absolute Gasteiger partial charge is 0.432 e. The maximum atomic E-state index is 13.9. The first-order valence-electron chi connectivity index (χ1n) is 7.05. The van der Waals surface area contributed by atoms with Gasteiger partial charge in [-0.25, -0.2) is 13.8 Å². The van der Waals surface area contributed by atoms with E-state index in [4.69, 9.17) is 0 Å². The summed E-state index contributed by atoms with van der Waals surface area (Å²) in [6, 6.07) is 6.25. The highest BCUT2D eigenvalue weighted by atomic mass is 19.3. The summed E-state index contributed by atoms with van der Waals surface area (Å²) in [5.74, 6) is -4.08. The Kier molecular flexibility index (Phi) is 4.30. The third kappa shape index (κ3) is 3.39. The molecule has 2 aromatic heterocycles. The molecule has 1 N–H and O–H groups in total. The molecule has 0 aliphatic heterocycles. The predicted molar refractivity (Wildman–Crippen MR) is 80.9 cm³/mol. The van der Waals surface area contributed by atoms with E-state index in [2.05, 4.69) is 15.0 Å². The van der Waals surface area contributed by atoms with E-state index in [9.17, 15) is 22.4 Å². The van der Waals surface area contributed by atoms with Crippen molar-refractivity contribution < 1.29 is 27.1 Å². The molecule has 2 heterocycles. The fourth-order valence-corrected chi connectivity index (χ4v) is 2.25. The normalized spacial score (nSPS) is 11.1. The molecule has 0 spiro atoms. The number of imidazole rings is 1. The van der Waals surface area contributed by atoms with Gasteiger partial charge in [0.05, 0.1) is 5.69 Å². The van der Waals surface area contributed by atoms with Crippen LogP contribution in [0, 0.1) is 18.6 Å². The Balaban J connectivity index is 1.87. The van der Waals surface area contributed by atoms with Crippen LogP contribution in [-0.4, -0.2) is 21.9 Å². The van der Waals surface area contributed by atoms with Crippen LogP contribution in [0.4, 0.5) is 23.2 Å². The van der Waals surface area contributed by atoms with Crippen molar-refractivity contribution in [3.05, 3.63) is 59.6 Å². The molecule has 0 aliphatic rings. The summed E-state index contributed by atoms with van der Waals surface area (Å²) < 4.78 is 57.3. The molecule has 0 bridgehead atoms. The Hall–Kier alpha value is -3.10. The second-order valence-corrected chi connectivity index (χ2v) is 5.12. The van der Waals surface area contributed by atoms with E-state index in [0.717, 1.165) is 5.69 Å². The molecule has 3 rings (SSSR count). The fourth-order valence-electron chi connectivity index (χ4n) is 2.25. The molecule has 0 unspecified atom stereocenters. The Labute approximate surface area is 138 Å². The number of carbonyl (C=O) groups excluding carboxylic acids is 1. The zero-order valence-corrected chi connectivity index (χ0v) is 12.8. The number of carbonyl (C=O) groups is 1. The lowest BCUT2D eigenvalue weighted by molar-refractivity contribution is -0.0523. The van der Waals surface area contributed by atoms with Gasteiger partial charge in [-0.3, -0.25) is 4.79 Å². The first-order chi connectivity index (χ1) is 11.8. The van der Waals surface area contributed by atoms with Gasteiger partial charge in [-0.2, -0.15) is 8.78 Å². The number of fused-ring (bicyclic) bond motifs is 1. The number of anilines is 1. The molecule has 3 aromatic rings. The van der Waals surface area contributed by atoms with Gasteiger partial charge in [-0.05, 0) is 19.1 Å². The SMILES string of the molecule is Cc1cccc2nc(C(=O)Nc3cc(F)c(OC(F)F)cc3F)cn12. The molecule has 5 nitrogen and oxygen atoms in total. The second kappa shape index (κ2) is 6.42. The summed E-state index contributed by atoms with van der Waals surface area (Å²) in [6.07, 6.45) is 1.45. The highest BCUT2D eigenvalue weighted by Gasteiger charge is 2.18. The number of benzene rings is 1. The molecule has 0 radical (unpaired) electrons. The van der Waals surface area contributed by atoms with E-state index in [1.165, 1.54) is 6.20 Å². The summed E-state index contributed by atoms with van der Waals surface area (Å²) in [5, 5.41) is 2.16. The number of hydrogen-bond acceptors (Lipinski definition) is 3. The lowest BCUT2D eigenvalue weighted by Gasteiger charge is -2.09. The summed E-state index contributed by atoms with van der Waals surface area (Å²) in [5.41, 5.74) is 0.812. The van der Waals surface area contributed by atoms with Crippen molar-refractivity contribution in [1.82, 2.24) is 9.38 Å². The topological polar surface area (TPSA) is 55.6 Å². The molecular formula is C16H11F4N3O2. The van der Waals surface area contributed by atoms with Gasteiger partial charge in [0.25, 0.3) is 5.91 Å². The first kappa shape index (κ1) is 16.7. The van der Waals surface area contributed by atoms with Crippen LogP contribution in [0.5, 0.6) is 5.75 Å². The maximum absolute atomic E-state index is 13.9. The van der Waals surface area contributed by atoms with Crippen LogP contribution in [0.1, 0.15) is 16.2 Å². The van der Waals surface area contributed by atoms with Gasteiger partial charge in [-0.1, -0.05) is 6.07 Å². The van der Waals surface area contributed by atoms with Gasteiger partial charge in [0.15, 0.2) is 17.4 Å². The summed E-state index contributed by atoms with van der Waals surface area (Å²) in [7, 11) is 0. The maximum Gasteiger partial charge on any atom is 0.387 e. The lowest BCUT2D eigenvalue weighted by atomic mass is 10.2. The third-order valence-electron chi connectivity index (χ3n) is 3.41. The van der Waals surface area contributed by atoms with Crippen molar-refractivity contribution >= 4 is 17.2 Å². The van der Waals surface area contributed by atoms with Crippen LogP contribution >= 0.6 is 0 Å². The smallest absolute Gasteiger partial charge is 0.387 e. The highest BCUT2D eigenvalue weighted by Crippen LogP contribution is 2.26. The highest BCUT2D eigenvalue weighted by molar-refractivity contribution is 6.03. The minimum atomic E-state index is -3.30. The van der Waals surface area contributed by atoms with E-state index < -0.39 is 35.6 Å². The average Bonchev–Trinajstić information content (AvgIpc) is 2.97. The molecule has 1 amide bonds. The van der Waals surface area contributed by atoms with Crippen LogP contribution in [0.25, 0.3) is 5.65 Å². The van der Waals surface area contributed by atoms with Gasteiger partial charge < -0.3 is 14.5 Å². The number of ether oxygens (including phenoxy) is 1. The van der Waals surface area contributed by atoms with Crippen LogP contribution in [0.2, 0.25) is 0 Å². The molecule has 0 aliphatic carbocycles. The molecule has 0 saturated carbocycles. The molecule has 0 fully saturated rings. The lowest BCUT2D eigenvalue weighted by Crippen LogP contribution is -2.14. The van der Waals surface area contributed by atoms with Gasteiger partial charge in [0.2, 0.25) is 0 Å². The molecule has 1 aromatic carbocycles. The van der Waals surface area contributed by atoms with Crippen LogP contribution in [0.3, 0.4) is 0 Å². The van der Waals surface area contributed by atoms with E-state index in [1.54, 1.807) is 16.5 Å². The second-order valence-electron chi connectivity index (χ2n) is 5.12. The van der Waals surface area contributed by atoms with Gasteiger partial charge in [0, 0.05) is 24.0 Å². The first-order valence-corrected chi connectivity index (χ1v) is 7.05. The molecule has 130 valence electrons. The quantitative estimate of drug-likeness (QED) is 0.727. The van der Waals surface area contributed by atoms with Gasteiger partial charge >= 0.3 is 6.61 Å². The standard InChI is InChI=1S/C16H11F4N3O2/c1-8-3-2-4-14-21-12(7-23(8)14)15(24)22-11-5-10(18)13(6-9(11)17)25-16(19)20/h2-7,16H,1H3,(H,22,24). The van der Waals surface area contributed by atoms with E-state index in [-0.39, 0.29) is 5.69 Å². The summed E-state index contributed by atoms with van der Waals surface area (Å²) >= 11 is 0. The number of nitrogens with zero attached hydrogens (tertiary/aromatic N) is 2. The number of amides is 1.